The molecule has 132 valence electrons. The van der Waals surface area contributed by atoms with Gasteiger partial charge in [0.15, 0.2) is 0 Å². The lowest BCUT2D eigenvalue weighted by atomic mass is 10.1. The molecule has 4 nitrogen and oxygen atoms in total. The van der Waals surface area contributed by atoms with Gasteiger partial charge < -0.3 is 9.64 Å². The Morgan fingerprint density at radius 1 is 1.21 bits per heavy atom. The van der Waals surface area contributed by atoms with Crippen LogP contribution in [0.2, 0.25) is 0 Å². The van der Waals surface area contributed by atoms with E-state index in [1.54, 1.807) is 23.1 Å². The van der Waals surface area contributed by atoms with Gasteiger partial charge in [0.2, 0.25) is 5.91 Å². The number of ether oxygens (including phenoxy) is 1. The van der Waals surface area contributed by atoms with Gasteiger partial charge in [-0.2, -0.15) is 8.78 Å². The number of halogens is 2. The first kappa shape index (κ1) is 18.4. The maximum Gasteiger partial charge on any atom is 0.387 e. The van der Waals surface area contributed by atoms with Crippen molar-refractivity contribution in [3.63, 3.8) is 0 Å². The van der Waals surface area contributed by atoms with Crippen LogP contribution in [-0.2, 0) is 4.79 Å². The van der Waals surface area contributed by atoms with Crippen molar-refractivity contribution in [3.8, 4) is 5.75 Å². The van der Waals surface area contributed by atoms with Crippen LogP contribution in [0.3, 0.4) is 0 Å². The molecule has 0 spiro atoms. The third-order valence-electron chi connectivity index (χ3n) is 3.85. The molecule has 24 heavy (non-hydrogen) atoms. The fourth-order valence-electron chi connectivity index (χ4n) is 2.76. The van der Waals surface area contributed by atoms with Gasteiger partial charge in [0.1, 0.15) is 5.75 Å². The molecular weight excluding hydrogens is 314 g/mol. The summed E-state index contributed by atoms with van der Waals surface area (Å²) in [6.45, 7) is 5.61. The van der Waals surface area contributed by atoms with Gasteiger partial charge in [0.25, 0.3) is 0 Å². The Hall–Kier alpha value is -1.95. The van der Waals surface area contributed by atoms with Crippen molar-refractivity contribution in [1.82, 2.24) is 9.80 Å². The molecular formula is C18H24F2N2O2. The SMILES string of the molecule is CC(C)CN1CCN(C(=O)/C=C/c2ccccc2OC(F)F)CC1. The molecule has 1 fully saturated rings. The quantitative estimate of drug-likeness (QED) is 0.747. The van der Waals surface area contributed by atoms with Gasteiger partial charge in [-0.3, -0.25) is 9.69 Å². The fraction of sp³-hybridized carbons (Fsp3) is 0.500. The van der Waals surface area contributed by atoms with E-state index >= 15 is 0 Å². The number of carbonyl (C=O) groups excluding carboxylic acids is 1. The number of hydrogen-bond acceptors (Lipinski definition) is 3. The lowest BCUT2D eigenvalue weighted by Crippen LogP contribution is -2.49. The second kappa shape index (κ2) is 8.78. The normalized spacial score (nSPS) is 16.3. The summed E-state index contributed by atoms with van der Waals surface area (Å²) >= 11 is 0. The summed E-state index contributed by atoms with van der Waals surface area (Å²) in [5.41, 5.74) is 0.463. The number of piperazine rings is 1. The molecule has 1 aliphatic rings. The zero-order valence-electron chi connectivity index (χ0n) is 14.1. The molecule has 0 atom stereocenters. The predicted molar refractivity (Wildman–Crippen MR) is 90.0 cm³/mol. The van der Waals surface area contributed by atoms with E-state index in [2.05, 4.69) is 23.5 Å². The summed E-state index contributed by atoms with van der Waals surface area (Å²) in [6.07, 6.45) is 2.95. The second-order valence-electron chi connectivity index (χ2n) is 6.27. The van der Waals surface area contributed by atoms with Crippen molar-refractivity contribution in [2.24, 2.45) is 5.92 Å². The number of para-hydroxylation sites is 1. The van der Waals surface area contributed by atoms with Crippen LogP contribution in [-0.4, -0.2) is 55.0 Å². The van der Waals surface area contributed by atoms with Gasteiger partial charge in [-0.1, -0.05) is 32.0 Å². The largest absolute Gasteiger partial charge is 0.434 e. The van der Waals surface area contributed by atoms with Crippen molar-refractivity contribution >= 4 is 12.0 Å². The number of nitrogens with zero attached hydrogens (tertiary/aromatic N) is 2. The first-order valence-electron chi connectivity index (χ1n) is 8.19. The highest BCUT2D eigenvalue weighted by atomic mass is 19.3. The minimum Gasteiger partial charge on any atom is -0.434 e. The van der Waals surface area contributed by atoms with Gasteiger partial charge in [-0.15, -0.1) is 0 Å². The van der Waals surface area contributed by atoms with Gasteiger partial charge in [0.05, 0.1) is 0 Å². The third-order valence-corrected chi connectivity index (χ3v) is 3.85. The molecule has 1 heterocycles. The highest BCUT2D eigenvalue weighted by Gasteiger charge is 2.20. The van der Waals surface area contributed by atoms with E-state index in [1.165, 1.54) is 18.2 Å². The average molecular weight is 338 g/mol. The molecule has 1 aromatic rings. The molecule has 0 radical (unpaired) electrons. The average Bonchev–Trinajstić information content (AvgIpc) is 2.53. The third kappa shape index (κ3) is 5.60. The Morgan fingerprint density at radius 3 is 2.50 bits per heavy atom. The van der Waals surface area contributed by atoms with Crippen LogP contribution < -0.4 is 4.74 Å². The summed E-state index contributed by atoms with van der Waals surface area (Å²) in [6, 6.07) is 6.43. The van der Waals surface area contributed by atoms with Crippen molar-refractivity contribution < 1.29 is 18.3 Å². The first-order chi connectivity index (χ1) is 11.5. The minimum atomic E-state index is -2.88. The Balaban J connectivity index is 1.92. The maximum atomic E-state index is 12.4. The molecule has 1 amide bonds. The van der Waals surface area contributed by atoms with E-state index in [1.807, 2.05) is 0 Å². The Labute approximate surface area is 141 Å². The van der Waals surface area contributed by atoms with Crippen LogP contribution in [0.1, 0.15) is 19.4 Å². The number of alkyl halides is 2. The van der Waals surface area contributed by atoms with Crippen LogP contribution in [0, 0.1) is 5.92 Å². The second-order valence-corrected chi connectivity index (χ2v) is 6.27. The van der Waals surface area contributed by atoms with E-state index in [9.17, 15) is 13.6 Å². The predicted octanol–water partition coefficient (Wildman–Crippen LogP) is 3.10. The molecule has 0 saturated carbocycles. The van der Waals surface area contributed by atoms with E-state index in [-0.39, 0.29) is 11.7 Å². The Bertz CT molecular complexity index is 568. The minimum absolute atomic E-state index is 0.0679. The molecule has 1 aliphatic heterocycles. The lowest BCUT2D eigenvalue weighted by molar-refractivity contribution is -0.127. The highest BCUT2D eigenvalue weighted by molar-refractivity contribution is 5.92. The number of rotatable bonds is 6. The van der Waals surface area contributed by atoms with Crippen LogP contribution in [0.5, 0.6) is 5.75 Å². The standard InChI is InChI=1S/C18H24F2N2O2/c1-14(2)13-21-9-11-22(12-10-21)17(23)8-7-15-5-3-4-6-16(15)24-18(19)20/h3-8,14,18H,9-13H2,1-2H3/b8-7+. The maximum absolute atomic E-state index is 12.4. The van der Waals surface area contributed by atoms with Crippen molar-refractivity contribution in [1.29, 1.82) is 0 Å². The summed E-state index contributed by atoms with van der Waals surface area (Å²) in [5, 5.41) is 0. The lowest BCUT2D eigenvalue weighted by Gasteiger charge is -2.35. The number of carbonyl (C=O) groups is 1. The summed E-state index contributed by atoms with van der Waals surface area (Å²) < 4.78 is 29.2. The van der Waals surface area contributed by atoms with Crippen LogP contribution in [0.15, 0.2) is 30.3 Å². The van der Waals surface area contributed by atoms with Gasteiger partial charge in [-0.05, 0) is 18.1 Å². The Morgan fingerprint density at radius 2 is 1.88 bits per heavy atom. The topological polar surface area (TPSA) is 32.8 Å². The molecule has 0 aliphatic carbocycles. The van der Waals surface area contributed by atoms with Gasteiger partial charge >= 0.3 is 6.61 Å². The summed E-state index contributed by atoms with van der Waals surface area (Å²) in [4.78, 5) is 16.4. The van der Waals surface area contributed by atoms with Gasteiger partial charge in [-0.25, -0.2) is 0 Å². The van der Waals surface area contributed by atoms with E-state index in [0.717, 1.165) is 19.6 Å². The monoisotopic (exact) mass is 338 g/mol. The van der Waals surface area contributed by atoms with E-state index < -0.39 is 6.61 Å². The van der Waals surface area contributed by atoms with Crippen molar-refractivity contribution in [2.75, 3.05) is 32.7 Å². The molecule has 6 heteroatoms. The molecule has 1 saturated heterocycles. The van der Waals surface area contributed by atoms with Crippen LogP contribution >= 0.6 is 0 Å². The van der Waals surface area contributed by atoms with Crippen LogP contribution in [0.25, 0.3) is 6.08 Å². The molecule has 0 unspecified atom stereocenters. The van der Waals surface area contributed by atoms with E-state index in [4.69, 9.17) is 0 Å². The van der Waals surface area contributed by atoms with E-state index in [0.29, 0.717) is 24.6 Å². The zero-order valence-corrected chi connectivity index (χ0v) is 14.1. The molecule has 1 aromatic carbocycles. The molecule has 0 N–H and O–H groups in total. The fourth-order valence-corrected chi connectivity index (χ4v) is 2.76. The highest BCUT2D eigenvalue weighted by Crippen LogP contribution is 2.21. The summed E-state index contributed by atoms with van der Waals surface area (Å²) in [5.74, 6) is 0.572. The summed E-state index contributed by atoms with van der Waals surface area (Å²) in [7, 11) is 0. The zero-order chi connectivity index (χ0) is 17.5. The molecule has 0 bridgehead atoms. The number of hydrogen-bond donors (Lipinski definition) is 0. The number of benzene rings is 1. The smallest absolute Gasteiger partial charge is 0.387 e. The van der Waals surface area contributed by atoms with Crippen molar-refractivity contribution in [3.05, 3.63) is 35.9 Å². The van der Waals surface area contributed by atoms with Gasteiger partial charge in [0, 0.05) is 44.4 Å². The molecule has 0 aromatic heterocycles. The number of amides is 1. The van der Waals surface area contributed by atoms with Crippen LogP contribution in [0.4, 0.5) is 8.78 Å². The van der Waals surface area contributed by atoms with Crippen molar-refractivity contribution in [2.45, 2.75) is 20.5 Å². The Kier molecular flexibility index (Phi) is 6.73. The molecule has 2 rings (SSSR count). The first-order valence-corrected chi connectivity index (χ1v) is 8.19.